The quantitative estimate of drug-likeness (QED) is 0.523. The van der Waals surface area contributed by atoms with Crippen molar-refractivity contribution in [3.05, 3.63) is 87.3 Å². The highest BCUT2D eigenvalue weighted by Gasteiger charge is 2.15. The summed E-state index contributed by atoms with van der Waals surface area (Å²) < 4.78 is 29.1. The molecular weight excluding hydrogens is 354 g/mol. The van der Waals surface area contributed by atoms with Crippen molar-refractivity contribution in [3.8, 4) is 11.1 Å². The molecule has 4 aromatic rings. The van der Waals surface area contributed by atoms with E-state index >= 15 is 0 Å². The lowest BCUT2D eigenvalue weighted by molar-refractivity contribution is 0.541. The van der Waals surface area contributed by atoms with Gasteiger partial charge in [0.25, 0.3) is 5.56 Å². The molecule has 3 nitrogen and oxygen atoms in total. The van der Waals surface area contributed by atoms with E-state index in [4.69, 9.17) is 0 Å². The Morgan fingerprint density at radius 2 is 1.77 bits per heavy atom. The minimum absolute atomic E-state index is 0.150. The second-order valence-corrected chi connectivity index (χ2v) is 6.93. The molecule has 6 heteroatoms. The molecule has 0 fully saturated rings. The highest BCUT2D eigenvalue weighted by Crippen LogP contribution is 2.30. The first kappa shape index (κ1) is 16.6. The second-order valence-electron chi connectivity index (χ2n) is 6.07. The lowest BCUT2D eigenvalue weighted by Gasteiger charge is -2.08. The average Bonchev–Trinajstić information content (AvgIpc) is 3.05. The molecule has 0 amide bonds. The SMILES string of the molecule is Cc1ccc(-c2csc3ncn(Cc4c(F)cccc4F)c(=O)c23)cc1. The third-order valence-electron chi connectivity index (χ3n) is 4.31. The summed E-state index contributed by atoms with van der Waals surface area (Å²) in [6, 6.07) is 11.5. The molecular formula is C20H14F2N2OS. The lowest BCUT2D eigenvalue weighted by Crippen LogP contribution is -2.22. The molecule has 2 aromatic heterocycles. The van der Waals surface area contributed by atoms with E-state index in [2.05, 4.69) is 4.98 Å². The number of rotatable bonds is 3. The van der Waals surface area contributed by atoms with Gasteiger partial charge in [-0.3, -0.25) is 9.36 Å². The fraction of sp³-hybridized carbons (Fsp3) is 0.100. The molecule has 0 aliphatic carbocycles. The summed E-state index contributed by atoms with van der Waals surface area (Å²) in [7, 11) is 0. The normalized spacial score (nSPS) is 11.2. The summed E-state index contributed by atoms with van der Waals surface area (Å²) in [5.41, 5.74) is 2.36. The standard InChI is InChI=1S/C20H14F2N2OS/c1-12-5-7-13(8-6-12)15-10-26-19-18(15)20(25)24(11-23-19)9-14-16(21)3-2-4-17(14)22/h2-8,10-11H,9H2,1H3. The first-order chi connectivity index (χ1) is 12.5. The van der Waals surface area contributed by atoms with Crippen molar-refractivity contribution in [1.82, 2.24) is 9.55 Å². The Morgan fingerprint density at radius 1 is 1.08 bits per heavy atom. The van der Waals surface area contributed by atoms with Gasteiger partial charge in [-0.2, -0.15) is 0 Å². The van der Waals surface area contributed by atoms with Crippen molar-refractivity contribution in [2.75, 3.05) is 0 Å². The zero-order valence-corrected chi connectivity index (χ0v) is 14.7. The summed E-state index contributed by atoms with van der Waals surface area (Å²) >= 11 is 1.38. The van der Waals surface area contributed by atoms with Crippen LogP contribution in [0.4, 0.5) is 8.78 Å². The number of benzene rings is 2. The van der Waals surface area contributed by atoms with Gasteiger partial charge in [0.05, 0.1) is 18.3 Å². The Bertz CT molecular complexity index is 1140. The number of halogens is 2. The van der Waals surface area contributed by atoms with E-state index in [1.807, 2.05) is 36.6 Å². The Labute approximate surface area is 152 Å². The molecule has 0 bridgehead atoms. The van der Waals surface area contributed by atoms with Gasteiger partial charge >= 0.3 is 0 Å². The predicted molar refractivity (Wildman–Crippen MR) is 99.5 cm³/mol. The highest BCUT2D eigenvalue weighted by atomic mass is 32.1. The van der Waals surface area contributed by atoms with Gasteiger partial charge in [-0.05, 0) is 24.6 Å². The first-order valence-corrected chi connectivity index (χ1v) is 8.89. The molecule has 0 saturated carbocycles. The van der Waals surface area contributed by atoms with Gasteiger partial charge < -0.3 is 0 Å². The maximum atomic E-state index is 13.9. The van der Waals surface area contributed by atoms with E-state index in [9.17, 15) is 13.6 Å². The summed E-state index contributed by atoms with van der Waals surface area (Å²) in [5.74, 6) is -1.36. The molecule has 0 atom stereocenters. The third-order valence-corrected chi connectivity index (χ3v) is 5.20. The molecule has 4 rings (SSSR count). The topological polar surface area (TPSA) is 34.9 Å². The number of hydrogen-bond acceptors (Lipinski definition) is 3. The zero-order valence-electron chi connectivity index (χ0n) is 13.9. The van der Waals surface area contributed by atoms with E-state index < -0.39 is 11.6 Å². The van der Waals surface area contributed by atoms with Crippen molar-refractivity contribution in [2.45, 2.75) is 13.5 Å². The van der Waals surface area contributed by atoms with Crippen LogP contribution in [0.15, 0.2) is 59.0 Å². The van der Waals surface area contributed by atoms with Gasteiger partial charge in [0, 0.05) is 16.5 Å². The molecule has 0 aliphatic heterocycles. The Morgan fingerprint density at radius 3 is 2.46 bits per heavy atom. The summed E-state index contributed by atoms with van der Waals surface area (Å²) in [6.07, 6.45) is 1.34. The fourth-order valence-electron chi connectivity index (χ4n) is 2.88. The molecule has 0 aliphatic rings. The van der Waals surface area contributed by atoms with Crippen molar-refractivity contribution >= 4 is 21.6 Å². The zero-order chi connectivity index (χ0) is 18.3. The predicted octanol–water partition coefficient (Wildman–Crippen LogP) is 4.76. The van der Waals surface area contributed by atoms with Crippen LogP contribution >= 0.6 is 11.3 Å². The number of fused-ring (bicyclic) bond motifs is 1. The third kappa shape index (κ3) is 2.82. The van der Waals surface area contributed by atoms with E-state index in [0.717, 1.165) is 16.7 Å². The number of hydrogen-bond donors (Lipinski definition) is 0. The molecule has 2 aromatic carbocycles. The molecule has 0 spiro atoms. The van der Waals surface area contributed by atoms with Crippen LogP contribution in [-0.2, 0) is 6.54 Å². The average molecular weight is 368 g/mol. The van der Waals surface area contributed by atoms with E-state index in [1.165, 1.54) is 40.4 Å². The highest BCUT2D eigenvalue weighted by molar-refractivity contribution is 7.17. The molecule has 0 unspecified atom stereocenters. The van der Waals surface area contributed by atoms with Crippen LogP contribution in [0.5, 0.6) is 0 Å². The molecule has 0 N–H and O–H groups in total. The molecule has 26 heavy (non-hydrogen) atoms. The largest absolute Gasteiger partial charge is 0.294 e. The Balaban J connectivity index is 1.86. The first-order valence-electron chi connectivity index (χ1n) is 8.01. The van der Waals surface area contributed by atoms with Crippen LogP contribution in [0.25, 0.3) is 21.3 Å². The van der Waals surface area contributed by atoms with Crippen LogP contribution in [0.1, 0.15) is 11.1 Å². The van der Waals surface area contributed by atoms with Gasteiger partial charge in [-0.1, -0.05) is 35.9 Å². The monoisotopic (exact) mass is 368 g/mol. The van der Waals surface area contributed by atoms with Crippen molar-refractivity contribution < 1.29 is 8.78 Å². The van der Waals surface area contributed by atoms with E-state index in [-0.39, 0.29) is 17.7 Å². The second kappa shape index (κ2) is 6.46. The molecule has 0 radical (unpaired) electrons. The van der Waals surface area contributed by atoms with Crippen LogP contribution in [-0.4, -0.2) is 9.55 Å². The molecule has 0 saturated heterocycles. The number of aromatic nitrogens is 2. The fourth-order valence-corrected chi connectivity index (χ4v) is 3.79. The summed E-state index contributed by atoms with van der Waals surface area (Å²) in [5, 5.41) is 2.36. The van der Waals surface area contributed by atoms with E-state index in [0.29, 0.717) is 10.2 Å². The minimum atomic E-state index is -0.680. The number of aryl methyl sites for hydroxylation is 1. The summed E-state index contributed by atoms with van der Waals surface area (Å²) in [4.78, 5) is 17.9. The number of thiophene rings is 1. The van der Waals surface area contributed by atoms with Crippen LogP contribution in [0.3, 0.4) is 0 Å². The Kier molecular flexibility index (Phi) is 4.12. The van der Waals surface area contributed by atoms with E-state index in [1.54, 1.807) is 0 Å². The van der Waals surface area contributed by atoms with Crippen molar-refractivity contribution in [3.63, 3.8) is 0 Å². The van der Waals surface area contributed by atoms with Gasteiger partial charge in [0.2, 0.25) is 0 Å². The Hall–Kier alpha value is -2.86. The minimum Gasteiger partial charge on any atom is -0.294 e. The van der Waals surface area contributed by atoms with Gasteiger partial charge in [0.1, 0.15) is 16.5 Å². The van der Waals surface area contributed by atoms with Crippen molar-refractivity contribution in [2.24, 2.45) is 0 Å². The molecule has 2 heterocycles. The van der Waals surface area contributed by atoms with Crippen LogP contribution < -0.4 is 5.56 Å². The number of nitrogens with zero attached hydrogens (tertiary/aromatic N) is 2. The maximum Gasteiger partial charge on any atom is 0.263 e. The van der Waals surface area contributed by atoms with Gasteiger partial charge in [-0.25, -0.2) is 13.8 Å². The summed E-state index contributed by atoms with van der Waals surface area (Å²) in [6.45, 7) is 1.79. The van der Waals surface area contributed by atoms with Crippen LogP contribution in [0, 0.1) is 18.6 Å². The van der Waals surface area contributed by atoms with Crippen LogP contribution in [0.2, 0.25) is 0 Å². The molecule has 130 valence electrons. The maximum absolute atomic E-state index is 13.9. The smallest absolute Gasteiger partial charge is 0.263 e. The van der Waals surface area contributed by atoms with Gasteiger partial charge in [0.15, 0.2) is 0 Å². The van der Waals surface area contributed by atoms with Gasteiger partial charge in [-0.15, -0.1) is 11.3 Å². The van der Waals surface area contributed by atoms with Crippen molar-refractivity contribution in [1.29, 1.82) is 0 Å². The lowest BCUT2D eigenvalue weighted by atomic mass is 10.1.